The number of amides is 1. The van der Waals surface area contributed by atoms with Crippen molar-refractivity contribution in [1.29, 1.82) is 0 Å². The van der Waals surface area contributed by atoms with Crippen molar-refractivity contribution in [3.63, 3.8) is 0 Å². The maximum atomic E-state index is 12.1. The molecule has 0 aliphatic carbocycles. The second-order valence-electron chi connectivity index (χ2n) is 6.42. The molecule has 2 N–H and O–H groups in total. The average Bonchev–Trinajstić information content (AvgIpc) is 3.20. The van der Waals surface area contributed by atoms with Crippen molar-refractivity contribution >= 4 is 28.6 Å². The van der Waals surface area contributed by atoms with Crippen molar-refractivity contribution < 1.29 is 9.72 Å². The average molecular weight is 410 g/mol. The predicted octanol–water partition coefficient (Wildman–Crippen LogP) is 4.05. The first kappa shape index (κ1) is 20.5. The van der Waals surface area contributed by atoms with Crippen LogP contribution in [-0.2, 0) is 17.6 Å². The number of para-hydroxylation sites is 2. The molecule has 1 aromatic heterocycles. The highest BCUT2D eigenvalue weighted by Crippen LogP contribution is 2.24. The van der Waals surface area contributed by atoms with Gasteiger partial charge in [-0.15, -0.1) is 11.3 Å². The lowest BCUT2D eigenvalue weighted by atomic mass is 10.1. The fraction of sp³-hybridized carbons (Fsp3) is 0.238. The molecule has 2 aromatic carbocycles. The summed E-state index contributed by atoms with van der Waals surface area (Å²) < 4.78 is 0. The summed E-state index contributed by atoms with van der Waals surface area (Å²) in [6.07, 6.45) is 1.20. The van der Waals surface area contributed by atoms with Crippen LogP contribution in [0.4, 0.5) is 11.4 Å². The minimum Gasteiger partial charge on any atom is -0.378 e. The topological polar surface area (TPSA) is 97.2 Å². The fourth-order valence-electron chi connectivity index (χ4n) is 2.81. The van der Waals surface area contributed by atoms with E-state index in [1.165, 1.54) is 23.0 Å². The number of nitro benzene ring substituents is 1. The molecule has 0 unspecified atom stereocenters. The van der Waals surface area contributed by atoms with E-state index in [9.17, 15) is 14.9 Å². The van der Waals surface area contributed by atoms with Gasteiger partial charge in [-0.05, 0) is 18.1 Å². The molecule has 0 spiro atoms. The van der Waals surface area contributed by atoms with Crippen molar-refractivity contribution in [3.8, 4) is 10.6 Å². The summed E-state index contributed by atoms with van der Waals surface area (Å²) in [6, 6.07) is 14.7. The van der Waals surface area contributed by atoms with Crippen molar-refractivity contribution in [1.82, 2.24) is 10.3 Å². The van der Waals surface area contributed by atoms with Gasteiger partial charge in [-0.1, -0.05) is 43.3 Å². The molecule has 1 amide bonds. The summed E-state index contributed by atoms with van der Waals surface area (Å²) in [6.45, 7) is 2.87. The van der Waals surface area contributed by atoms with E-state index in [0.29, 0.717) is 18.8 Å². The van der Waals surface area contributed by atoms with E-state index in [1.54, 1.807) is 18.2 Å². The number of thiazole rings is 1. The Hall–Kier alpha value is -3.26. The molecule has 1 heterocycles. The van der Waals surface area contributed by atoms with E-state index in [-0.39, 0.29) is 18.0 Å². The number of nitrogens with one attached hydrogen (secondary N) is 2. The number of benzene rings is 2. The quantitative estimate of drug-likeness (QED) is 0.315. The van der Waals surface area contributed by atoms with E-state index in [0.717, 1.165) is 22.7 Å². The smallest absolute Gasteiger partial charge is 0.292 e. The second kappa shape index (κ2) is 9.79. The molecule has 0 bridgehead atoms. The van der Waals surface area contributed by atoms with Gasteiger partial charge in [0.2, 0.25) is 5.91 Å². The van der Waals surface area contributed by atoms with Gasteiger partial charge in [-0.3, -0.25) is 14.9 Å². The Balaban J connectivity index is 1.46. The van der Waals surface area contributed by atoms with Crippen molar-refractivity contribution in [2.45, 2.75) is 19.8 Å². The third-order valence-corrected chi connectivity index (χ3v) is 5.31. The molecule has 0 atom stereocenters. The number of nitro groups is 1. The Morgan fingerprint density at radius 1 is 1.14 bits per heavy atom. The van der Waals surface area contributed by atoms with E-state index < -0.39 is 4.92 Å². The Morgan fingerprint density at radius 3 is 2.62 bits per heavy atom. The molecule has 0 radical (unpaired) electrons. The first-order valence-corrected chi connectivity index (χ1v) is 10.2. The summed E-state index contributed by atoms with van der Waals surface area (Å²) in [7, 11) is 0. The lowest BCUT2D eigenvalue weighted by molar-refractivity contribution is -0.384. The minimum absolute atomic E-state index is 0.0146. The number of carbonyl (C=O) groups excluding carboxylic acids is 1. The van der Waals surface area contributed by atoms with Gasteiger partial charge >= 0.3 is 0 Å². The lowest BCUT2D eigenvalue weighted by Gasteiger charge is -2.08. The van der Waals surface area contributed by atoms with Crippen LogP contribution in [0.2, 0.25) is 0 Å². The van der Waals surface area contributed by atoms with Gasteiger partial charge in [0.25, 0.3) is 5.69 Å². The zero-order chi connectivity index (χ0) is 20.6. The molecule has 0 saturated carbocycles. The number of aromatic nitrogens is 1. The molecule has 7 nitrogen and oxygen atoms in total. The number of anilines is 1. The Kier molecular flexibility index (Phi) is 6.91. The first-order chi connectivity index (χ1) is 14.1. The predicted molar refractivity (Wildman–Crippen MR) is 115 cm³/mol. The van der Waals surface area contributed by atoms with Crippen LogP contribution in [0.15, 0.2) is 53.9 Å². The Labute approximate surface area is 173 Å². The van der Waals surface area contributed by atoms with Crippen LogP contribution in [-0.4, -0.2) is 28.9 Å². The first-order valence-electron chi connectivity index (χ1n) is 9.34. The van der Waals surface area contributed by atoms with Gasteiger partial charge in [-0.2, -0.15) is 0 Å². The summed E-state index contributed by atoms with van der Waals surface area (Å²) in [5, 5.41) is 19.6. The maximum Gasteiger partial charge on any atom is 0.292 e. The number of nitrogens with zero attached hydrogens (tertiary/aromatic N) is 2. The maximum absolute atomic E-state index is 12.1. The highest BCUT2D eigenvalue weighted by Gasteiger charge is 2.12. The molecular weight excluding hydrogens is 388 g/mol. The molecule has 8 heteroatoms. The summed E-state index contributed by atoms with van der Waals surface area (Å²) in [5.41, 5.74) is 3.51. The van der Waals surface area contributed by atoms with Gasteiger partial charge in [0.15, 0.2) is 0 Å². The molecule has 150 valence electrons. The van der Waals surface area contributed by atoms with E-state index in [1.807, 2.05) is 5.38 Å². The second-order valence-corrected chi connectivity index (χ2v) is 7.28. The standard InChI is InChI=1S/C21H22N4O3S/c1-2-15-7-9-16(10-8-15)21-24-17(14-29-21)13-20(26)23-12-11-22-18-5-3-4-6-19(18)25(27)28/h3-10,14,22H,2,11-13H2,1H3,(H,23,26). The zero-order valence-corrected chi connectivity index (χ0v) is 16.9. The molecule has 0 fully saturated rings. The molecule has 3 rings (SSSR count). The van der Waals surface area contributed by atoms with Crippen LogP contribution < -0.4 is 10.6 Å². The van der Waals surface area contributed by atoms with Gasteiger partial charge in [0, 0.05) is 30.1 Å². The summed E-state index contributed by atoms with van der Waals surface area (Å²) >= 11 is 1.52. The number of carbonyl (C=O) groups is 1. The third kappa shape index (κ3) is 5.61. The molecule has 0 aliphatic rings. The largest absolute Gasteiger partial charge is 0.378 e. The molecule has 3 aromatic rings. The van der Waals surface area contributed by atoms with Crippen LogP contribution in [0.3, 0.4) is 0 Å². The normalized spacial score (nSPS) is 10.5. The van der Waals surface area contributed by atoms with Gasteiger partial charge in [-0.25, -0.2) is 4.98 Å². The number of hydrogen-bond acceptors (Lipinski definition) is 6. The van der Waals surface area contributed by atoms with E-state index in [4.69, 9.17) is 0 Å². The molecule has 0 aliphatic heterocycles. The summed E-state index contributed by atoms with van der Waals surface area (Å²) in [4.78, 5) is 27.3. The summed E-state index contributed by atoms with van der Waals surface area (Å²) in [5.74, 6) is -0.132. The lowest BCUT2D eigenvalue weighted by Crippen LogP contribution is -2.30. The van der Waals surface area contributed by atoms with Crippen LogP contribution >= 0.6 is 11.3 Å². The van der Waals surface area contributed by atoms with Gasteiger partial charge < -0.3 is 10.6 Å². The highest BCUT2D eigenvalue weighted by atomic mass is 32.1. The Morgan fingerprint density at radius 2 is 1.90 bits per heavy atom. The van der Waals surface area contributed by atoms with Crippen LogP contribution in [0.5, 0.6) is 0 Å². The number of rotatable bonds is 9. The minimum atomic E-state index is -0.434. The monoisotopic (exact) mass is 410 g/mol. The van der Waals surface area contributed by atoms with E-state index in [2.05, 4.69) is 46.8 Å². The van der Waals surface area contributed by atoms with E-state index >= 15 is 0 Å². The van der Waals surface area contributed by atoms with Gasteiger partial charge in [0.1, 0.15) is 10.7 Å². The Bertz CT molecular complexity index is 986. The molecule has 0 saturated heterocycles. The van der Waals surface area contributed by atoms with Crippen LogP contribution in [0.1, 0.15) is 18.2 Å². The van der Waals surface area contributed by atoms with Crippen molar-refractivity contribution in [2.75, 3.05) is 18.4 Å². The highest BCUT2D eigenvalue weighted by molar-refractivity contribution is 7.13. The van der Waals surface area contributed by atoms with Crippen molar-refractivity contribution in [2.24, 2.45) is 0 Å². The molecular formula is C21H22N4O3S. The molecule has 29 heavy (non-hydrogen) atoms. The van der Waals surface area contributed by atoms with Gasteiger partial charge in [0.05, 0.1) is 17.0 Å². The zero-order valence-electron chi connectivity index (χ0n) is 16.1. The van der Waals surface area contributed by atoms with Crippen LogP contribution in [0.25, 0.3) is 10.6 Å². The van der Waals surface area contributed by atoms with Crippen molar-refractivity contribution in [3.05, 3.63) is 75.3 Å². The number of aryl methyl sites for hydroxylation is 1. The number of hydrogen-bond donors (Lipinski definition) is 2. The third-order valence-electron chi connectivity index (χ3n) is 4.37. The van der Waals surface area contributed by atoms with Crippen LogP contribution in [0, 0.1) is 10.1 Å². The SMILES string of the molecule is CCc1ccc(-c2nc(CC(=O)NCCNc3ccccc3[N+](=O)[O-])cs2)cc1. The fourth-order valence-corrected chi connectivity index (χ4v) is 3.64.